The van der Waals surface area contributed by atoms with Crippen molar-refractivity contribution >= 4 is 48.9 Å². The highest BCUT2D eigenvalue weighted by atomic mass is 79.9. The monoisotopic (exact) mass is 444 g/mol. The van der Waals surface area contributed by atoms with Crippen molar-refractivity contribution in [1.82, 2.24) is 4.98 Å². The van der Waals surface area contributed by atoms with E-state index in [1.165, 1.54) is 12.3 Å². The van der Waals surface area contributed by atoms with Crippen LogP contribution in [0.25, 0.3) is 0 Å². The molecule has 0 bridgehead atoms. The number of hydrogen-bond acceptors (Lipinski definition) is 4. The number of halogens is 5. The van der Waals surface area contributed by atoms with E-state index >= 15 is 0 Å². The molecule has 0 unspecified atom stereocenters. The van der Waals surface area contributed by atoms with Gasteiger partial charge in [0.25, 0.3) is 0 Å². The summed E-state index contributed by atoms with van der Waals surface area (Å²) in [6, 6.07) is 5.00. The van der Waals surface area contributed by atoms with Gasteiger partial charge in [0.15, 0.2) is 6.61 Å². The van der Waals surface area contributed by atoms with Crippen LogP contribution in [0.1, 0.15) is 4.88 Å². The Labute approximate surface area is 139 Å². The maximum atomic E-state index is 12.0. The zero-order valence-electron chi connectivity index (χ0n) is 10.4. The molecular formula is C12H9Br2F3N2OS. The molecule has 21 heavy (non-hydrogen) atoms. The standard InChI is InChI=1S/C12H9Br2F3N2OS/c13-9-3-8(21-11(9)14)5-18-7-1-2-10(19-4-7)20-6-12(15,16)17/h1-4,18H,5-6H2. The smallest absolute Gasteiger partial charge is 0.422 e. The summed E-state index contributed by atoms with van der Waals surface area (Å²) in [5, 5.41) is 3.13. The van der Waals surface area contributed by atoms with Gasteiger partial charge in [0.2, 0.25) is 5.88 Å². The number of nitrogens with zero attached hydrogens (tertiary/aromatic N) is 1. The SMILES string of the molecule is FC(F)(F)COc1ccc(NCc2cc(Br)c(Br)s2)cn1. The maximum absolute atomic E-state index is 12.0. The third-order valence-electron chi connectivity index (χ3n) is 2.28. The van der Waals surface area contributed by atoms with Gasteiger partial charge in [-0.25, -0.2) is 4.98 Å². The number of rotatable bonds is 5. The third kappa shape index (κ3) is 5.48. The first kappa shape index (κ1) is 16.6. The third-order valence-corrected chi connectivity index (χ3v) is 5.54. The van der Waals surface area contributed by atoms with Crippen LogP contribution in [0, 0.1) is 0 Å². The van der Waals surface area contributed by atoms with Crippen molar-refractivity contribution in [2.45, 2.75) is 12.7 Å². The first-order valence-electron chi connectivity index (χ1n) is 5.67. The summed E-state index contributed by atoms with van der Waals surface area (Å²) < 4.78 is 42.5. The lowest BCUT2D eigenvalue weighted by molar-refractivity contribution is -0.154. The van der Waals surface area contributed by atoms with E-state index in [9.17, 15) is 13.2 Å². The lowest BCUT2D eigenvalue weighted by Gasteiger charge is -2.09. The molecule has 0 aliphatic heterocycles. The Morgan fingerprint density at radius 3 is 2.57 bits per heavy atom. The summed E-state index contributed by atoms with van der Waals surface area (Å²) >= 11 is 8.39. The van der Waals surface area contributed by atoms with Crippen LogP contribution in [0.4, 0.5) is 18.9 Å². The summed E-state index contributed by atoms with van der Waals surface area (Å²) in [5.74, 6) is -0.0560. The Balaban J connectivity index is 1.87. The van der Waals surface area contributed by atoms with Gasteiger partial charge in [0.05, 0.1) is 15.7 Å². The molecule has 0 aromatic carbocycles. The molecule has 0 saturated heterocycles. The van der Waals surface area contributed by atoms with Crippen LogP contribution in [0.5, 0.6) is 5.88 Å². The van der Waals surface area contributed by atoms with Gasteiger partial charge in [-0.2, -0.15) is 13.2 Å². The highest BCUT2D eigenvalue weighted by Gasteiger charge is 2.28. The van der Waals surface area contributed by atoms with Crippen molar-refractivity contribution in [1.29, 1.82) is 0 Å². The number of aromatic nitrogens is 1. The number of nitrogens with one attached hydrogen (secondary N) is 1. The molecule has 114 valence electrons. The zero-order valence-corrected chi connectivity index (χ0v) is 14.4. The van der Waals surface area contributed by atoms with Crippen LogP contribution in [0.2, 0.25) is 0 Å². The highest BCUT2D eigenvalue weighted by Crippen LogP contribution is 2.32. The number of anilines is 1. The lowest BCUT2D eigenvalue weighted by Crippen LogP contribution is -2.19. The Morgan fingerprint density at radius 1 is 1.29 bits per heavy atom. The highest BCUT2D eigenvalue weighted by molar-refractivity contribution is 9.13. The molecule has 2 heterocycles. The fourth-order valence-corrected chi connectivity index (χ4v) is 3.51. The zero-order chi connectivity index (χ0) is 15.5. The van der Waals surface area contributed by atoms with Gasteiger partial charge in [-0.15, -0.1) is 11.3 Å². The average molecular weight is 446 g/mol. The van der Waals surface area contributed by atoms with Gasteiger partial charge in [-0.3, -0.25) is 0 Å². The minimum absolute atomic E-state index is 0.0560. The van der Waals surface area contributed by atoms with Gasteiger partial charge in [-0.05, 0) is 44.0 Å². The van der Waals surface area contributed by atoms with Crippen LogP contribution in [0.15, 0.2) is 32.7 Å². The second-order valence-electron chi connectivity index (χ2n) is 3.98. The topological polar surface area (TPSA) is 34.1 Å². The van der Waals surface area contributed by atoms with E-state index in [0.717, 1.165) is 13.1 Å². The maximum Gasteiger partial charge on any atom is 0.422 e. The van der Waals surface area contributed by atoms with E-state index in [4.69, 9.17) is 0 Å². The molecular weight excluding hydrogens is 437 g/mol. The fourth-order valence-electron chi connectivity index (χ4n) is 1.39. The van der Waals surface area contributed by atoms with E-state index < -0.39 is 12.8 Å². The average Bonchev–Trinajstić information content (AvgIpc) is 2.74. The van der Waals surface area contributed by atoms with Gasteiger partial charge in [0.1, 0.15) is 0 Å². The molecule has 0 atom stereocenters. The molecule has 2 aromatic heterocycles. The number of thiophene rings is 1. The molecule has 0 aliphatic rings. The Bertz CT molecular complexity index is 582. The van der Waals surface area contributed by atoms with Crippen molar-refractivity contribution < 1.29 is 17.9 Å². The second-order valence-corrected chi connectivity index (χ2v) is 7.29. The molecule has 9 heteroatoms. The second kappa shape index (κ2) is 6.97. The molecule has 0 radical (unpaired) electrons. The number of alkyl halides is 3. The van der Waals surface area contributed by atoms with Gasteiger partial charge >= 0.3 is 6.18 Å². The number of ether oxygens (including phenoxy) is 1. The van der Waals surface area contributed by atoms with Crippen molar-refractivity contribution in [2.24, 2.45) is 0 Å². The molecule has 2 rings (SSSR count). The lowest BCUT2D eigenvalue weighted by atomic mass is 10.4. The Kier molecular flexibility index (Phi) is 5.50. The predicted octanol–water partition coefficient (Wildman–Crippen LogP) is 5.22. The van der Waals surface area contributed by atoms with Gasteiger partial charge in [-0.1, -0.05) is 0 Å². The van der Waals surface area contributed by atoms with Crippen LogP contribution < -0.4 is 10.1 Å². The summed E-state index contributed by atoms with van der Waals surface area (Å²) in [6.07, 6.45) is -2.93. The van der Waals surface area contributed by atoms with E-state index in [2.05, 4.69) is 46.9 Å². The Hall–Kier alpha value is -0.800. The Morgan fingerprint density at radius 2 is 2.05 bits per heavy atom. The summed E-state index contributed by atoms with van der Waals surface area (Å²) in [4.78, 5) is 4.92. The predicted molar refractivity (Wildman–Crippen MR) is 82.8 cm³/mol. The molecule has 1 N–H and O–H groups in total. The van der Waals surface area contributed by atoms with E-state index in [0.29, 0.717) is 12.2 Å². The van der Waals surface area contributed by atoms with Crippen molar-refractivity contribution in [3.05, 3.63) is 37.5 Å². The van der Waals surface area contributed by atoms with Gasteiger partial charge < -0.3 is 10.1 Å². The van der Waals surface area contributed by atoms with E-state index in [1.807, 2.05) is 6.07 Å². The fraction of sp³-hybridized carbons (Fsp3) is 0.250. The van der Waals surface area contributed by atoms with Crippen LogP contribution >= 0.6 is 43.2 Å². The normalized spacial score (nSPS) is 11.5. The molecule has 2 aromatic rings. The molecule has 3 nitrogen and oxygen atoms in total. The summed E-state index contributed by atoms with van der Waals surface area (Å²) in [7, 11) is 0. The quantitative estimate of drug-likeness (QED) is 0.684. The van der Waals surface area contributed by atoms with Crippen LogP contribution in [-0.2, 0) is 6.54 Å². The minimum Gasteiger partial charge on any atom is -0.468 e. The molecule has 0 amide bonds. The first-order valence-corrected chi connectivity index (χ1v) is 8.07. The van der Waals surface area contributed by atoms with E-state index in [-0.39, 0.29) is 5.88 Å². The van der Waals surface area contributed by atoms with Crippen molar-refractivity contribution in [3.8, 4) is 5.88 Å². The number of hydrogen-bond donors (Lipinski definition) is 1. The molecule has 0 aliphatic carbocycles. The van der Waals surface area contributed by atoms with Crippen molar-refractivity contribution in [2.75, 3.05) is 11.9 Å². The molecule has 0 saturated carbocycles. The summed E-state index contributed by atoms with van der Waals surface area (Å²) in [6.45, 7) is -0.747. The molecule has 0 fully saturated rings. The van der Waals surface area contributed by atoms with E-state index in [1.54, 1.807) is 17.4 Å². The largest absolute Gasteiger partial charge is 0.468 e. The van der Waals surface area contributed by atoms with Crippen molar-refractivity contribution in [3.63, 3.8) is 0 Å². The number of pyridine rings is 1. The molecule has 0 spiro atoms. The van der Waals surface area contributed by atoms with Gasteiger partial charge in [0, 0.05) is 22.0 Å². The first-order chi connectivity index (χ1) is 9.83. The summed E-state index contributed by atoms with van der Waals surface area (Å²) in [5.41, 5.74) is 0.704. The van der Waals surface area contributed by atoms with Crippen LogP contribution in [-0.4, -0.2) is 17.8 Å². The van der Waals surface area contributed by atoms with Crippen LogP contribution in [0.3, 0.4) is 0 Å². The minimum atomic E-state index is -4.36.